The van der Waals surface area contributed by atoms with Gasteiger partial charge in [-0.05, 0) is 44.3 Å². The lowest BCUT2D eigenvalue weighted by Gasteiger charge is -2.26. The molecule has 0 aliphatic rings. The third kappa shape index (κ3) is 3.99. The van der Waals surface area contributed by atoms with Crippen LogP contribution in [0, 0.1) is 0 Å². The zero-order valence-electron chi connectivity index (χ0n) is 21.9. The molecule has 0 amide bonds. The lowest BCUT2D eigenvalue weighted by atomic mass is 9.87. The van der Waals surface area contributed by atoms with Crippen LogP contribution in [0.25, 0.3) is 43.8 Å². The van der Waals surface area contributed by atoms with Gasteiger partial charge in [-0.1, -0.05) is 158 Å². The van der Waals surface area contributed by atoms with Crippen LogP contribution in [0.4, 0.5) is 0 Å². The Morgan fingerprint density at radius 1 is 0.375 bits per heavy atom. The van der Waals surface area contributed by atoms with Gasteiger partial charge in [-0.15, -0.1) is 0 Å². The molecule has 0 saturated heterocycles. The maximum absolute atomic E-state index is 15.8. The number of hydrogen-bond acceptors (Lipinski definition) is 1. The molecule has 0 atom stereocenters. The topological polar surface area (TPSA) is 17.1 Å². The van der Waals surface area contributed by atoms with Crippen molar-refractivity contribution in [3.05, 3.63) is 164 Å². The molecule has 190 valence electrons. The van der Waals surface area contributed by atoms with E-state index in [2.05, 4.69) is 97.1 Å². The van der Waals surface area contributed by atoms with Crippen LogP contribution in [0.15, 0.2) is 164 Å². The molecule has 0 aromatic heterocycles. The molecule has 2 heteroatoms. The molecule has 0 unspecified atom stereocenters. The van der Waals surface area contributed by atoms with E-state index in [9.17, 15) is 0 Å². The summed E-state index contributed by atoms with van der Waals surface area (Å²) >= 11 is 0. The van der Waals surface area contributed by atoms with Crippen molar-refractivity contribution in [2.45, 2.75) is 0 Å². The summed E-state index contributed by atoms with van der Waals surface area (Å²) in [6.45, 7) is 0. The fraction of sp³-hybridized carbons (Fsp3) is 0. The maximum atomic E-state index is 15.8. The summed E-state index contributed by atoms with van der Waals surface area (Å²) in [5.41, 5.74) is 4.41. The van der Waals surface area contributed by atoms with E-state index in [1.807, 2.05) is 66.7 Å². The Bertz CT molecular complexity index is 1970. The predicted octanol–water partition coefficient (Wildman–Crippen LogP) is 8.97. The van der Waals surface area contributed by atoms with Crippen molar-refractivity contribution in [1.29, 1.82) is 0 Å². The molecule has 40 heavy (non-hydrogen) atoms. The Labute approximate surface area is 234 Å². The number of benzene rings is 7. The van der Waals surface area contributed by atoms with Gasteiger partial charge in [0, 0.05) is 21.5 Å². The minimum Gasteiger partial charge on any atom is -0.309 e. The van der Waals surface area contributed by atoms with E-state index in [0.717, 1.165) is 59.7 Å². The van der Waals surface area contributed by atoms with E-state index in [-0.39, 0.29) is 0 Å². The molecule has 0 saturated carbocycles. The molecule has 0 heterocycles. The van der Waals surface area contributed by atoms with Gasteiger partial charge in [0.1, 0.15) is 0 Å². The Hall–Kier alpha value is -4.71. The summed E-state index contributed by atoms with van der Waals surface area (Å²) in [5.74, 6) is 0. The van der Waals surface area contributed by atoms with Crippen LogP contribution in [-0.2, 0) is 4.57 Å². The summed E-state index contributed by atoms with van der Waals surface area (Å²) in [7, 11) is -3.27. The average Bonchev–Trinajstić information content (AvgIpc) is 3.04. The van der Waals surface area contributed by atoms with Gasteiger partial charge in [0.05, 0.1) is 0 Å². The fourth-order valence-corrected chi connectivity index (χ4v) is 8.76. The Kier molecular flexibility index (Phi) is 6.16. The number of rotatable bonds is 5. The fourth-order valence-electron chi connectivity index (χ4n) is 5.89. The van der Waals surface area contributed by atoms with Crippen molar-refractivity contribution >= 4 is 44.6 Å². The molecule has 7 rings (SSSR count). The monoisotopic (exact) mass is 530 g/mol. The summed E-state index contributed by atoms with van der Waals surface area (Å²) in [5, 5.41) is 7.05. The van der Waals surface area contributed by atoms with Crippen molar-refractivity contribution in [3.63, 3.8) is 0 Å². The molecule has 0 bridgehead atoms. The van der Waals surface area contributed by atoms with Crippen molar-refractivity contribution in [1.82, 2.24) is 0 Å². The van der Waals surface area contributed by atoms with Crippen molar-refractivity contribution in [2.75, 3.05) is 0 Å². The van der Waals surface area contributed by atoms with E-state index >= 15 is 4.57 Å². The summed E-state index contributed by atoms with van der Waals surface area (Å²) in [4.78, 5) is 0. The van der Waals surface area contributed by atoms with Crippen molar-refractivity contribution in [2.24, 2.45) is 0 Å². The normalized spacial score (nSPS) is 11.6. The molecule has 0 N–H and O–H groups in total. The van der Waals surface area contributed by atoms with Gasteiger partial charge in [0.25, 0.3) is 0 Å². The van der Waals surface area contributed by atoms with Crippen LogP contribution < -0.4 is 15.9 Å². The molecule has 0 spiro atoms. The summed E-state index contributed by atoms with van der Waals surface area (Å²) < 4.78 is 15.8. The second-order valence-corrected chi connectivity index (χ2v) is 12.8. The molecular weight excluding hydrogens is 503 g/mol. The predicted molar refractivity (Wildman–Crippen MR) is 172 cm³/mol. The van der Waals surface area contributed by atoms with E-state index in [0.29, 0.717) is 0 Å². The third-order valence-corrected chi connectivity index (χ3v) is 10.9. The first-order valence-corrected chi connectivity index (χ1v) is 15.3. The second-order valence-electron chi connectivity index (χ2n) is 10.0. The lowest BCUT2D eigenvalue weighted by molar-refractivity contribution is 0.592. The Morgan fingerprint density at radius 2 is 0.825 bits per heavy atom. The molecule has 0 aliphatic heterocycles. The molecule has 0 radical (unpaired) electrons. The first-order chi connectivity index (χ1) is 19.7. The summed E-state index contributed by atoms with van der Waals surface area (Å²) in [6.07, 6.45) is 0. The lowest BCUT2D eigenvalue weighted by Crippen LogP contribution is -2.26. The quantitative estimate of drug-likeness (QED) is 0.203. The van der Waals surface area contributed by atoms with Crippen molar-refractivity contribution < 1.29 is 4.57 Å². The van der Waals surface area contributed by atoms with Gasteiger partial charge in [0.15, 0.2) is 7.14 Å². The van der Waals surface area contributed by atoms with Crippen LogP contribution in [0.2, 0.25) is 0 Å². The van der Waals surface area contributed by atoms with Crippen LogP contribution in [0.1, 0.15) is 0 Å². The van der Waals surface area contributed by atoms with E-state index in [1.54, 1.807) is 0 Å². The third-order valence-electron chi connectivity index (χ3n) is 7.75. The maximum Gasteiger partial charge on any atom is 0.171 e. The molecule has 0 aliphatic carbocycles. The van der Waals surface area contributed by atoms with Gasteiger partial charge < -0.3 is 4.57 Å². The number of fused-ring (bicyclic) bond motifs is 2. The molecule has 0 fully saturated rings. The highest BCUT2D eigenvalue weighted by Crippen LogP contribution is 2.49. The van der Waals surface area contributed by atoms with Crippen LogP contribution in [0.5, 0.6) is 0 Å². The van der Waals surface area contributed by atoms with Gasteiger partial charge >= 0.3 is 0 Å². The Balaban J connectivity index is 1.69. The molecule has 7 aromatic carbocycles. The van der Waals surface area contributed by atoms with Crippen LogP contribution in [-0.4, -0.2) is 0 Å². The smallest absolute Gasteiger partial charge is 0.171 e. The largest absolute Gasteiger partial charge is 0.309 e. The zero-order valence-corrected chi connectivity index (χ0v) is 22.8. The first kappa shape index (κ1) is 24.3. The van der Waals surface area contributed by atoms with E-state index in [1.165, 1.54) is 0 Å². The zero-order chi connectivity index (χ0) is 26.9. The van der Waals surface area contributed by atoms with Crippen LogP contribution in [0.3, 0.4) is 0 Å². The van der Waals surface area contributed by atoms with Gasteiger partial charge in [-0.3, -0.25) is 0 Å². The number of hydrogen-bond donors (Lipinski definition) is 0. The summed E-state index contributed by atoms with van der Waals surface area (Å²) in [6, 6.07) is 56.1. The van der Waals surface area contributed by atoms with E-state index in [4.69, 9.17) is 0 Å². The molecular formula is C38H27OP. The molecule has 1 nitrogen and oxygen atoms in total. The minimum absolute atomic E-state index is 0.833. The molecule has 7 aromatic rings. The van der Waals surface area contributed by atoms with Gasteiger partial charge in [-0.25, -0.2) is 0 Å². The SMILES string of the molecule is O=P(c1ccccc1)(c1ccccc1)c1ccc2ccccc2c1-c1c(-c2ccccc2)ccc2ccccc12. The first-order valence-electron chi connectivity index (χ1n) is 13.6. The second kappa shape index (κ2) is 10.1. The van der Waals surface area contributed by atoms with Crippen LogP contribution >= 0.6 is 7.14 Å². The van der Waals surface area contributed by atoms with E-state index < -0.39 is 7.14 Å². The minimum atomic E-state index is -3.27. The van der Waals surface area contributed by atoms with Crippen molar-refractivity contribution in [3.8, 4) is 22.3 Å². The Morgan fingerprint density at radius 3 is 1.40 bits per heavy atom. The highest BCUT2D eigenvalue weighted by atomic mass is 31.2. The standard InChI is InChI=1S/C38H27OP/c39-40(31-18-6-2-7-19-31,32-20-8-3-9-21-32)36-27-25-30-17-11-13-23-34(30)38(36)37-33-22-12-10-16-29(33)24-26-35(37)28-14-4-1-5-15-28/h1-27H. The average molecular weight is 531 g/mol. The van der Waals surface area contributed by atoms with Gasteiger partial charge in [0.2, 0.25) is 0 Å². The highest BCUT2D eigenvalue weighted by Gasteiger charge is 2.34. The van der Waals surface area contributed by atoms with Gasteiger partial charge in [-0.2, -0.15) is 0 Å². The highest BCUT2D eigenvalue weighted by molar-refractivity contribution is 7.85.